The molecule has 3 amide bonds. The Morgan fingerprint density at radius 1 is 0.919 bits per heavy atom. The van der Waals surface area contributed by atoms with Crippen molar-refractivity contribution in [3.63, 3.8) is 0 Å². The predicted molar refractivity (Wildman–Crippen MR) is 151 cm³/mol. The number of urea groups is 1. The van der Waals surface area contributed by atoms with Crippen LogP contribution in [0.1, 0.15) is 19.8 Å². The molecule has 0 unspecified atom stereocenters. The van der Waals surface area contributed by atoms with Crippen molar-refractivity contribution in [1.82, 2.24) is 14.7 Å². The van der Waals surface area contributed by atoms with Gasteiger partial charge in [-0.25, -0.2) is 9.48 Å². The minimum atomic E-state index is -0.304. The maximum absolute atomic E-state index is 13.2. The fourth-order valence-corrected chi connectivity index (χ4v) is 4.23. The van der Waals surface area contributed by atoms with Gasteiger partial charge in [0.25, 0.3) is 0 Å². The van der Waals surface area contributed by atoms with Crippen LogP contribution in [0.5, 0.6) is 0 Å². The summed E-state index contributed by atoms with van der Waals surface area (Å²) in [7, 11) is 0. The van der Waals surface area contributed by atoms with Crippen molar-refractivity contribution in [2.24, 2.45) is 0 Å². The van der Waals surface area contributed by atoms with Gasteiger partial charge in [0.05, 0.1) is 11.4 Å². The Balaban J connectivity index is 1.52. The normalized spacial score (nSPS) is 10.6. The predicted octanol–water partition coefficient (Wildman–Crippen LogP) is 6.53. The highest BCUT2D eigenvalue weighted by molar-refractivity contribution is 7.98. The van der Waals surface area contributed by atoms with Crippen molar-refractivity contribution in [3.8, 4) is 16.9 Å². The number of para-hydroxylation sites is 1. The number of nitrogens with one attached hydrogen (secondary N) is 2. The molecule has 0 aliphatic rings. The maximum atomic E-state index is 13.2. The number of amides is 3. The summed E-state index contributed by atoms with van der Waals surface area (Å²) in [6.45, 7) is 2.46. The van der Waals surface area contributed by atoms with Crippen LogP contribution < -0.4 is 10.6 Å². The molecule has 8 heteroatoms. The van der Waals surface area contributed by atoms with Crippen molar-refractivity contribution < 1.29 is 9.59 Å². The van der Waals surface area contributed by atoms with Crippen LogP contribution in [0.15, 0.2) is 95.9 Å². The van der Waals surface area contributed by atoms with Gasteiger partial charge in [-0.05, 0) is 49.1 Å². The van der Waals surface area contributed by atoms with E-state index < -0.39 is 0 Å². The topological polar surface area (TPSA) is 79.3 Å². The van der Waals surface area contributed by atoms with E-state index in [2.05, 4.69) is 17.6 Å². The first-order valence-corrected chi connectivity index (χ1v) is 13.5. The first-order chi connectivity index (χ1) is 18.1. The number of aromatic nitrogens is 2. The number of nitrogens with zero attached hydrogens (tertiary/aromatic N) is 3. The minimum Gasteiger partial charge on any atom is -0.315 e. The Kier molecular flexibility index (Phi) is 8.99. The maximum Gasteiger partial charge on any atom is 0.322 e. The lowest BCUT2D eigenvalue weighted by atomic mass is 10.1. The lowest BCUT2D eigenvalue weighted by Crippen LogP contribution is -2.41. The highest BCUT2D eigenvalue weighted by atomic mass is 32.2. The number of benzene rings is 3. The smallest absolute Gasteiger partial charge is 0.315 e. The molecule has 0 saturated carbocycles. The van der Waals surface area contributed by atoms with Gasteiger partial charge in [0, 0.05) is 28.8 Å². The molecule has 0 spiro atoms. The molecule has 0 fully saturated rings. The van der Waals surface area contributed by atoms with Gasteiger partial charge in [0.15, 0.2) is 0 Å². The van der Waals surface area contributed by atoms with E-state index in [-0.39, 0.29) is 18.5 Å². The average molecular weight is 514 g/mol. The van der Waals surface area contributed by atoms with Crippen LogP contribution in [0, 0.1) is 0 Å². The number of anilines is 2. The van der Waals surface area contributed by atoms with Gasteiger partial charge in [0.1, 0.15) is 12.4 Å². The van der Waals surface area contributed by atoms with Gasteiger partial charge in [-0.1, -0.05) is 61.9 Å². The van der Waals surface area contributed by atoms with Gasteiger partial charge < -0.3 is 15.5 Å². The second kappa shape index (κ2) is 12.8. The molecule has 1 aromatic heterocycles. The first-order valence-electron chi connectivity index (χ1n) is 12.3. The number of unbranched alkanes of at least 4 members (excludes halogenated alkanes) is 1. The second-order valence-electron chi connectivity index (χ2n) is 8.51. The Morgan fingerprint density at radius 2 is 1.59 bits per heavy atom. The lowest BCUT2D eigenvalue weighted by Gasteiger charge is -2.22. The van der Waals surface area contributed by atoms with Gasteiger partial charge in [-0.2, -0.15) is 5.10 Å². The summed E-state index contributed by atoms with van der Waals surface area (Å²) in [4.78, 5) is 28.9. The third kappa shape index (κ3) is 7.01. The van der Waals surface area contributed by atoms with E-state index in [0.717, 1.165) is 34.7 Å². The molecule has 0 saturated heterocycles. The lowest BCUT2D eigenvalue weighted by molar-refractivity contribution is -0.116. The zero-order chi connectivity index (χ0) is 26.0. The van der Waals surface area contributed by atoms with E-state index in [1.54, 1.807) is 21.3 Å². The Labute approximate surface area is 221 Å². The number of hydrogen-bond acceptors (Lipinski definition) is 4. The van der Waals surface area contributed by atoms with E-state index in [1.165, 1.54) is 0 Å². The number of carbonyl (C=O) groups excluding carboxylic acids is 2. The van der Waals surface area contributed by atoms with E-state index in [4.69, 9.17) is 5.10 Å². The molecular formula is C29H31N5O2S. The molecule has 0 atom stereocenters. The van der Waals surface area contributed by atoms with Crippen molar-refractivity contribution in [2.45, 2.75) is 24.7 Å². The highest BCUT2D eigenvalue weighted by Crippen LogP contribution is 2.25. The average Bonchev–Trinajstić information content (AvgIpc) is 3.36. The van der Waals surface area contributed by atoms with Crippen LogP contribution in [-0.2, 0) is 4.79 Å². The van der Waals surface area contributed by atoms with Gasteiger partial charge >= 0.3 is 6.03 Å². The fraction of sp³-hybridized carbons (Fsp3) is 0.207. The number of hydrogen-bond donors (Lipinski definition) is 2. The molecule has 0 aliphatic heterocycles. The quantitative estimate of drug-likeness (QED) is 0.236. The van der Waals surface area contributed by atoms with Crippen molar-refractivity contribution in [3.05, 3.63) is 91.0 Å². The molecule has 0 bridgehead atoms. The minimum absolute atomic E-state index is 0.0740. The van der Waals surface area contributed by atoms with Crippen molar-refractivity contribution >= 4 is 35.2 Å². The van der Waals surface area contributed by atoms with Gasteiger partial charge in [-0.3, -0.25) is 4.79 Å². The monoisotopic (exact) mass is 513 g/mol. The molecule has 7 nitrogen and oxygen atoms in total. The van der Waals surface area contributed by atoms with Crippen LogP contribution in [0.25, 0.3) is 16.9 Å². The highest BCUT2D eigenvalue weighted by Gasteiger charge is 2.19. The summed E-state index contributed by atoms with van der Waals surface area (Å²) in [5.41, 5.74) is 3.21. The standard InChI is InChI=1S/C29H31N5O2S/c1-3-4-19-33(29(36)30-23-15-17-25(37-2)18-16-23)21-28(35)31-27-20-26(22-11-7-5-8-12-22)32-34(27)24-13-9-6-10-14-24/h5-18,20H,3-4,19,21H2,1-2H3,(H,30,36)(H,31,35). The molecular weight excluding hydrogens is 482 g/mol. The molecule has 4 rings (SSSR count). The molecule has 37 heavy (non-hydrogen) atoms. The van der Waals surface area contributed by atoms with Crippen molar-refractivity contribution in [2.75, 3.05) is 30.0 Å². The summed E-state index contributed by atoms with van der Waals surface area (Å²) in [6, 6.07) is 28.6. The molecule has 4 aromatic rings. The number of thioether (sulfide) groups is 1. The zero-order valence-electron chi connectivity index (χ0n) is 21.1. The Hall–Kier alpha value is -4.04. The van der Waals surface area contributed by atoms with E-state index >= 15 is 0 Å². The van der Waals surface area contributed by atoms with Crippen molar-refractivity contribution in [1.29, 1.82) is 0 Å². The Morgan fingerprint density at radius 3 is 2.24 bits per heavy atom. The molecule has 3 aromatic carbocycles. The molecule has 0 radical (unpaired) electrons. The first kappa shape index (κ1) is 26.0. The molecule has 0 aliphatic carbocycles. The largest absolute Gasteiger partial charge is 0.322 e. The fourth-order valence-electron chi connectivity index (χ4n) is 3.82. The summed E-state index contributed by atoms with van der Waals surface area (Å²) >= 11 is 1.64. The number of carbonyl (C=O) groups is 2. The molecule has 1 heterocycles. The van der Waals surface area contributed by atoms with Gasteiger partial charge in [-0.15, -0.1) is 11.8 Å². The summed E-state index contributed by atoms with van der Waals surface area (Å²) < 4.78 is 1.71. The van der Waals surface area contributed by atoms with E-state index in [9.17, 15) is 9.59 Å². The third-order valence-electron chi connectivity index (χ3n) is 5.79. The van der Waals surface area contributed by atoms with E-state index in [1.807, 2.05) is 97.3 Å². The zero-order valence-corrected chi connectivity index (χ0v) is 21.9. The summed E-state index contributed by atoms with van der Waals surface area (Å²) in [5.74, 6) is 0.249. The third-order valence-corrected chi connectivity index (χ3v) is 6.54. The van der Waals surface area contributed by atoms with Gasteiger partial charge in [0.2, 0.25) is 5.91 Å². The summed E-state index contributed by atoms with van der Waals surface area (Å²) in [6.07, 6.45) is 3.71. The second-order valence-corrected chi connectivity index (χ2v) is 9.39. The molecule has 2 N–H and O–H groups in total. The van der Waals surface area contributed by atoms with Crippen LogP contribution in [0.2, 0.25) is 0 Å². The summed E-state index contributed by atoms with van der Waals surface area (Å²) in [5, 5.41) is 10.6. The van der Waals surface area contributed by atoms with Crippen LogP contribution in [-0.4, -0.2) is 46.0 Å². The van der Waals surface area contributed by atoms with Crippen LogP contribution in [0.4, 0.5) is 16.3 Å². The Bertz CT molecular complexity index is 1310. The number of rotatable bonds is 10. The van der Waals surface area contributed by atoms with E-state index in [0.29, 0.717) is 18.1 Å². The van der Waals surface area contributed by atoms with Crippen LogP contribution in [0.3, 0.4) is 0 Å². The molecule has 190 valence electrons. The SMILES string of the molecule is CCCCN(CC(=O)Nc1cc(-c2ccccc2)nn1-c1ccccc1)C(=O)Nc1ccc(SC)cc1. The van der Waals surface area contributed by atoms with Crippen LogP contribution >= 0.6 is 11.8 Å².